The monoisotopic (exact) mass is 169 g/mol. The van der Waals surface area contributed by atoms with E-state index in [1.54, 1.807) is 0 Å². The molecule has 1 aromatic carbocycles. The molecule has 0 atom stereocenters. The minimum absolute atomic E-state index is 0.107. The molecule has 1 aromatic rings. The maximum absolute atomic E-state index is 9.35. The standard InChI is InChI=1S/C10H12O2/c1-3-4-8-5-6-9(11)10(7-8)12-2/h3-7,11H,1-2H3/b4-3+/i1D3,3D,4D. The molecule has 0 saturated carbocycles. The zero-order valence-electron chi connectivity index (χ0n) is 11.6. The molecule has 12 heavy (non-hydrogen) atoms. The quantitative estimate of drug-likeness (QED) is 0.736. The lowest BCUT2D eigenvalue weighted by molar-refractivity contribution is 0.373. The van der Waals surface area contributed by atoms with Crippen LogP contribution in [0, 0.1) is 0 Å². The molecule has 0 unspecified atom stereocenters. The van der Waals surface area contributed by atoms with Crippen LogP contribution >= 0.6 is 0 Å². The third-order valence-electron chi connectivity index (χ3n) is 1.39. The Balaban J connectivity index is 3.26. The van der Waals surface area contributed by atoms with Crippen LogP contribution in [-0.2, 0) is 0 Å². The Bertz CT molecular complexity index is 450. The molecule has 0 bridgehead atoms. The van der Waals surface area contributed by atoms with E-state index in [0.29, 0.717) is 0 Å². The fourth-order valence-electron chi connectivity index (χ4n) is 0.828. The summed E-state index contributed by atoms with van der Waals surface area (Å²) in [7, 11) is 1.34. The number of rotatable bonds is 2. The van der Waals surface area contributed by atoms with Crippen LogP contribution < -0.4 is 4.74 Å². The number of allylic oxidation sites excluding steroid dienone is 1. The van der Waals surface area contributed by atoms with Crippen LogP contribution in [0.2, 0.25) is 0 Å². The van der Waals surface area contributed by atoms with Crippen LogP contribution in [-0.4, -0.2) is 12.2 Å². The molecule has 0 heterocycles. The van der Waals surface area contributed by atoms with Crippen molar-refractivity contribution in [1.82, 2.24) is 0 Å². The van der Waals surface area contributed by atoms with Gasteiger partial charge in [0, 0.05) is 4.11 Å². The second kappa shape index (κ2) is 3.81. The Morgan fingerprint density at radius 1 is 1.67 bits per heavy atom. The number of benzene rings is 1. The van der Waals surface area contributed by atoms with Crippen molar-refractivity contribution in [2.75, 3.05) is 7.11 Å². The van der Waals surface area contributed by atoms with Gasteiger partial charge in [-0.15, -0.1) is 0 Å². The van der Waals surface area contributed by atoms with Gasteiger partial charge < -0.3 is 9.84 Å². The predicted octanol–water partition coefficient (Wildman–Crippen LogP) is 2.43. The second-order valence-electron chi connectivity index (χ2n) is 2.14. The lowest BCUT2D eigenvalue weighted by Crippen LogP contribution is -1.83. The maximum atomic E-state index is 9.35. The first-order chi connectivity index (χ1) is 7.77. The lowest BCUT2D eigenvalue weighted by atomic mass is 10.2. The minimum Gasteiger partial charge on any atom is -0.504 e. The zero-order valence-corrected chi connectivity index (χ0v) is 6.59. The van der Waals surface area contributed by atoms with Gasteiger partial charge >= 0.3 is 0 Å². The van der Waals surface area contributed by atoms with E-state index in [1.165, 1.54) is 25.3 Å². The third-order valence-corrected chi connectivity index (χ3v) is 1.39. The largest absolute Gasteiger partial charge is 0.504 e. The van der Waals surface area contributed by atoms with Crippen LogP contribution in [0.1, 0.15) is 19.3 Å². The van der Waals surface area contributed by atoms with E-state index in [0.717, 1.165) is 0 Å². The summed E-state index contributed by atoms with van der Waals surface area (Å²) < 4.78 is 41.0. The highest BCUT2D eigenvalue weighted by Crippen LogP contribution is 2.26. The molecular weight excluding hydrogens is 152 g/mol. The van der Waals surface area contributed by atoms with E-state index in [1.807, 2.05) is 0 Å². The summed E-state index contributed by atoms with van der Waals surface area (Å²) in [5, 5.41) is 9.35. The lowest BCUT2D eigenvalue weighted by Gasteiger charge is -2.03. The maximum Gasteiger partial charge on any atom is 0.161 e. The molecule has 0 amide bonds. The number of phenols is 1. The topological polar surface area (TPSA) is 29.5 Å². The molecule has 2 heteroatoms. The Morgan fingerprint density at radius 3 is 3.17 bits per heavy atom. The van der Waals surface area contributed by atoms with Gasteiger partial charge in [0.05, 0.1) is 9.85 Å². The molecule has 0 saturated heterocycles. The van der Waals surface area contributed by atoms with E-state index in [4.69, 9.17) is 11.6 Å². The van der Waals surface area contributed by atoms with E-state index < -0.39 is 19.0 Å². The van der Waals surface area contributed by atoms with E-state index in [2.05, 4.69) is 0 Å². The van der Waals surface area contributed by atoms with Crippen molar-refractivity contribution in [1.29, 1.82) is 0 Å². The highest BCUT2D eigenvalue weighted by molar-refractivity contribution is 5.55. The van der Waals surface area contributed by atoms with Crippen molar-refractivity contribution >= 4 is 6.05 Å². The number of phenolic OH excluding ortho intramolecular Hbond substituents is 1. The first kappa shape index (κ1) is 3.99. The summed E-state index contributed by atoms with van der Waals surface area (Å²) in [6.07, 6.45) is 0. The molecule has 1 N–H and O–H groups in total. The van der Waals surface area contributed by atoms with Crippen molar-refractivity contribution in [3.05, 3.63) is 29.8 Å². The molecule has 1 rings (SSSR count). The highest BCUT2D eigenvalue weighted by atomic mass is 16.5. The number of methoxy groups -OCH3 is 1. The SMILES string of the molecule is [2H]/C(=C(/[2H])C([2H])([2H])[2H])c1ccc(O)c(OC)c1. The Kier molecular flexibility index (Phi) is 1.27. The molecule has 2 nitrogen and oxygen atoms in total. The molecule has 0 aliphatic carbocycles. The summed E-state index contributed by atoms with van der Waals surface area (Å²) in [6.45, 7) is -2.62. The summed E-state index contributed by atoms with van der Waals surface area (Å²) in [5.74, 6) is 0.0232. The van der Waals surface area contributed by atoms with Crippen LogP contribution in [0.4, 0.5) is 0 Å². The smallest absolute Gasteiger partial charge is 0.161 e. The first-order valence-corrected chi connectivity index (χ1v) is 3.32. The first-order valence-electron chi connectivity index (χ1n) is 5.82. The number of aromatic hydroxyl groups is 1. The van der Waals surface area contributed by atoms with Crippen LogP contribution in [0.5, 0.6) is 11.5 Å². The van der Waals surface area contributed by atoms with Gasteiger partial charge in [0.1, 0.15) is 0 Å². The minimum atomic E-state index is -2.62. The van der Waals surface area contributed by atoms with E-state index in [9.17, 15) is 5.11 Å². The van der Waals surface area contributed by atoms with E-state index >= 15 is 0 Å². The third kappa shape index (κ3) is 1.78. The Labute approximate surface area is 79.1 Å². The van der Waals surface area contributed by atoms with Gasteiger partial charge in [-0.2, -0.15) is 0 Å². The second-order valence-corrected chi connectivity index (χ2v) is 2.14. The van der Waals surface area contributed by atoms with Gasteiger partial charge in [0.25, 0.3) is 0 Å². The van der Waals surface area contributed by atoms with Crippen molar-refractivity contribution in [2.45, 2.75) is 6.85 Å². The van der Waals surface area contributed by atoms with Crippen molar-refractivity contribution in [2.24, 2.45) is 0 Å². The molecule has 64 valence electrons. The molecule has 0 aromatic heterocycles. The Morgan fingerprint density at radius 2 is 2.50 bits per heavy atom. The zero-order chi connectivity index (χ0) is 13.2. The van der Waals surface area contributed by atoms with Gasteiger partial charge in [0.2, 0.25) is 0 Å². The van der Waals surface area contributed by atoms with Gasteiger partial charge in [0.15, 0.2) is 11.5 Å². The van der Waals surface area contributed by atoms with Crippen molar-refractivity contribution < 1.29 is 16.7 Å². The van der Waals surface area contributed by atoms with Crippen molar-refractivity contribution in [3.8, 4) is 11.5 Å². The highest BCUT2D eigenvalue weighted by Gasteiger charge is 1.99. The molecule has 0 aliphatic heterocycles. The normalized spacial score (nSPS) is 19.2. The number of ether oxygens (including phenoxy) is 1. The molecule has 0 fully saturated rings. The predicted molar refractivity (Wildman–Crippen MR) is 49.4 cm³/mol. The van der Waals surface area contributed by atoms with Gasteiger partial charge in [-0.3, -0.25) is 0 Å². The van der Waals surface area contributed by atoms with E-state index in [-0.39, 0.29) is 17.1 Å². The molecule has 0 aliphatic rings. The average molecular weight is 169 g/mol. The fraction of sp³-hybridized carbons (Fsp3) is 0.200. The van der Waals surface area contributed by atoms with Gasteiger partial charge in [-0.1, -0.05) is 18.2 Å². The number of hydrogen-bond donors (Lipinski definition) is 1. The summed E-state index contributed by atoms with van der Waals surface area (Å²) >= 11 is 0. The molecule has 0 spiro atoms. The Hall–Kier alpha value is -1.44. The molecular formula is C10H12O2. The van der Waals surface area contributed by atoms with Gasteiger partial charge in [-0.25, -0.2) is 0 Å². The average Bonchev–Trinajstić information content (AvgIpc) is 2.26. The summed E-state index contributed by atoms with van der Waals surface area (Å²) in [6, 6.07) is 2.81. The van der Waals surface area contributed by atoms with Crippen LogP contribution in [0.3, 0.4) is 0 Å². The van der Waals surface area contributed by atoms with Crippen LogP contribution in [0.15, 0.2) is 24.3 Å². The van der Waals surface area contributed by atoms with Crippen molar-refractivity contribution in [3.63, 3.8) is 0 Å². The summed E-state index contributed by atoms with van der Waals surface area (Å²) in [4.78, 5) is 0. The number of hydrogen-bond acceptors (Lipinski definition) is 2. The van der Waals surface area contributed by atoms with Gasteiger partial charge in [-0.05, 0) is 24.5 Å². The molecule has 0 radical (unpaired) electrons. The van der Waals surface area contributed by atoms with Crippen LogP contribution in [0.25, 0.3) is 6.05 Å². The fourth-order valence-corrected chi connectivity index (χ4v) is 0.828. The summed E-state index contributed by atoms with van der Waals surface area (Å²) in [5.41, 5.74) is 0.209.